The van der Waals surface area contributed by atoms with E-state index in [1.54, 1.807) is 36.4 Å². The van der Waals surface area contributed by atoms with Crippen molar-refractivity contribution in [1.29, 1.82) is 5.26 Å². The van der Waals surface area contributed by atoms with E-state index in [4.69, 9.17) is 11.6 Å². The number of anilines is 1. The van der Waals surface area contributed by atoms with Crippen molar-refractivity contribution in [2.75, 3.05) is 4.90 Å². The molecule has 0 amide bonds. The number of nitrogens with zero attached hydrogens (tertiary/aromatic N) is 2. The van der Waals surface area contributed by atoms with E-state index in [1.165, 1.54) is 5.56 Å². The molecule has 1 heterocycles. The Morgan fingerprint density at radius 2 is 1.60 bits per heavy atom. The van der Waals surface area contributed by atoms with Crippen molar-refractivity contribution in [3.05, 3.63) is 94.5 Å². The predicted molar refractivity (Wildman–Crippen MR) is 119 cm³/mol. The molecule has 30 heavy (non-hydrogen) atoms. The van der Waals surface area contributed by atoms with Crippen molar-refractivity contribution in [3.8, 4) is 6.07 Å². The number of para-hydroxylation sites is 1. The van der Waals surface area contributed by atoms with Crippen LogP contribution >= 0.6 is 11.6 Å². The second kappa shape index (κ2) is 8.14. The Balaban J connectivity index is 1.89. The molecule has 3 aromatic carbocycles. The Morgan fingerprint density at radius 3 is 2.23 bits per heavy atom. The van der Waals surface area contributed by atoms with Gasteiger partial charge in [-0.15, -0.1) is 0 Å². The second-order valence-corrected chi connectivity index (χ2v) is 9.83. The number of aryl methyl sites for hydroxylation is 1. The van der Waals surface area contributed by atoms with Gasteiger partial charge in [-0.2, -0.15) is 5.26 Å². The Morgan fingerprint density at radius 1 is 0.967 bits per heavy atom. The third-order valence-electron chi connectivity index (χ3n) is 5.56. The van der Waals surface area contributed by atoms with Crippen LogP contribution in [0.1, 0.15) is 29.7 Å². The third-order valence-corrected chi connectivity index (χ3v) is 7.80. The van der Waals surface area contributed by atoms with Crippen LogP contribution in [-0.2, 0) is 22.8 Å². The highest BCUT2D eigenvalue weighted by Crippen LogP contribution is 2.44. The maximum atomic E-state index is 13.3. The van der Waals surface area contributed by atoms with E-state index < -0.39 is 21.1 Å². The van der Waals surface area contributed by atoms with E-state index in [2.05, 4.69) is 37.3 Å². The van der Waals surface area contributed by atoms with Gasteiger partial charge in [0, 0.05) is 11.6 Å². The molecule has 0 spiro atoms. The number of halogens is 1. The van der Waals surface area contributed by atoms with Crippen LogP contribution in [0, 0.1) is 11.3 Å². The summed E-state index contributed by atoms with van der Waals surface area (Å²) in [6.07, 6.45) is 0.953. The van der Waals surface area contributed by atoms with Gasteiger partial charge in [0.15, 0.2) is 15.1 Å². The van der Waals surface area contributed by atoms with Crippen LogP contribution in [0.3, 0.4) is 0 Å². The monoisotopic (exact) mass is 436 g/mol. The molecule has 4 rings (SSSR count). The molecule has 2 atom stereocenters. The van der Waals surface area contributed by atoms with Crippen molar-refractivity contribution >= 4 is 27.1 Å². The van der Waals surface area contributed by atoms with Crippen LogP contribution in [0.15, 0.2) is 77.7 Å². The Hall–Kier alpha value is -2.81. The van der Waals surface area contributed by atoms with Gasteiger partial charge in [0.1, 0.15) is 0 Å². The number of fused-ring (bicyclic) bond motifs is 1. The summed E-state index contributed by atoms with van der Waals surface area (Å²) < 4.78 is 26.6. The minimum Gasteiger partial charge on any atom is -0.357 e. The third kappa shape index (κ3) is 3.58. The first-order chi connectivity index (χ1) is 14.5. The van der Waals surface area contributed by atoms with Crippen molar-refractivity contribution in [2.45, 2.75) is 36.1 Å². The summed E-state index contributed by atoms with van der Waals surface area (Å²) in [5, 5.41) is 9.25. The number of rotatable bonds is 4. The molecule has 1 aliphatic heterocycles. The topological polar surface area (TPSA) is 61.2 Å². The fourth-order valence-corrected chi connectivity index (χ4v) is 5.90. The molecule has 4 nitrogen and oxygen atoms in total. The minimum absolute atomic E-state index is 0.201. The summed E-state index contributed by atoms with van der Waals surface area (Å²) in [5.74, 6) is 0. The maximum Gasteiger partial charge on any atom is 0.199 e. The van der Waals surface area contributed by atoms with E-state index >= 15 is 0 Å². The maximum absolute atomic E-state index is 13.3. The van der Waals surface area contributed by atoms with Gasteiger partial charge >= 0.3 is 0 Å². The molecule has 1 aliphatic rings. The van der Waals surface area contributed by atoms with Gasteiger partial charge in [-0.25, -0.2) is 8.42 Å². The summed E-state index contributed by atoms with van der Waals surface area (Å²) in [7, 11) is -3.81. The van der Waals surface area contributed by atoms with Crippen LogP contribution in [0.2, 0.25) is 5.02 Å². The Bertz CT molecular complexity index is 1200. The molecule has 0 aromatic heterocycles. The number of benzene rings is 3. The average Bonchev–Trinajstić information content (AvgIpc) is 2.76. The molecule has 0 aliphatic carbocycles. The Labute approximate surface area is 182 Å². The zero-order chi connectivity index (χ0) is 21.3. The fraction of sp³-hybridized carbons (Fsp3) is 0.208. The van der Waals surface area contributed by atoms with Gasteiger partial charge in [0.05, 0.1) is 22.7 Å². The molecule has 2 unspecified atom stereocenters. The van der Waals surface area contributed by atoms with Gasteiger partial charge in [0.25, 0.3) is 0 Å². The summed E-state index contributed by atoms with van der Waals surface area (Å²) in [5.41, 5.74) is 3.65. The van der Waals surface area contributed by atoms with E-state index in [0.29, 0.717) is 17.3 Å². The number of hydrogen-bond acceptors (Lipinski definition) is 4. The van der Waals surface area contributed by atoms with Crippen molar-refractivity contribution in [1.82, 2.24) is 0 Å². The zero-order valence-corrected chi connectivity index (χ0v) is 18.1. The first-order valence-electron chi connectivity index (χ1n) is 9.78. The van der Waals surface area contributed by atoms with E-state index in [0.717, 1.165) is 17.5 Å². The first-order valence-corrected chi connectivity index (χ1v) is 11.7. The molecule has 0 bridgehead atoms. The van der Waals surface area contributed by atoms with Crippen LogP contribution in [-0.4, -0.2) is 13.7 Å². The highest BCUT2D eigenvalue weighted by Gasteiger charge is 2.45. The largest absolute Gasteiger partial charge is 0.357 e. The van der Waals surface area contributed by atoms with Crippen molar-refractivity contribution in [3.63, 3.8) is 0 Å². The van der Waals surface area contributed by atoms with Gasteiger partial charge in [0.2, 0.25) is 0 Å². The number of nitriles is 1. The standard InChI is InChI=1S/C24H21ClN2O2S/c1-2-17-7-9-18(10-8-17)16-27-21-5-3-4-6-22(21)30(28,29)23(15-26)24(27)19-11-13-20(25)14-12-19/h3-14,23-24H,2,16H2,1H3. The zero-order valence-electron chi connectivity index (χ0n) is 16.5. The average molecular weight is 437 g/mol. The minimum atomic E-state index is -3.81. The van der Waals surface area contributed by atoms with Crippen LogP contribution < -0.4 is 4.90 Å². The second-order valence-electron chi connectivity index (χ2n) is 7.36. The van der Waals surface area contributed by atoms with Gasteiger partial charge < -0.3 is 4.90 Å². The lowest BCUT2D eigenvalue weighted by atomic mass is 9.99. The fourth-order valence-electron chi connectivity index (χ4n) is 3.97. The molecular weight excluding hydrogens is 416 g/mol. The lowest BCUT2D eigenvalue weighted by Gasteiger charge is -2.41. The Kier molecular flexibility index (Phi) is 5.55. The van der Waals surface area contributed by atoms with Crippen molar-refractivity contribution < 1.29 is 8.42 Å². The van der Waals surface area contributed by atoms with Crippen LogP contribution in [0.5, 0.6) is 0 Å². The highest BCUT2D eigenvalue weighted by molar-refractivity contribution is 7.92. The van der Waals surface area contributed by atoms with E-state index in [1.807, 2.05) is 17.0 Å². The molecule has 152 valence electrons. The lowest BCUT2D eigenvalue weighted by molar-refractivity contribution is 0.545. The molecule has 3 aromatic rings. The summed E-state index contributed by atoms with van der Waals surface area (Å²) in [4.78, 5) is 2.22. The predicted octanol–water partition coefficient (Wildman–Crippen LogP) is 5.33. The summed E-state index contributed by atoms with van der Waals surface area (Å²) >= 11 is 6.06. The smallest absolute Gasteiger partial charge is 0.199 e. The van der Waals surface area contributed by atoms with Gasteiger partial charge in [-0.05, 0) is 47.4 Å². The summed E-state index contributed by atoms with van der Waals surface area (Å²) in [6, 6.07) is 23.7. The first kappa shape index (κ1) is 20.5. The quantitative estimate of drug-likeness (QED) is 0.554. The van der Waals surface area contributed by atoms with E-state index in [-0.39, 0.29) is 4.90 Å². The van der Waals surface area contributed by atoms with Crippen LogP contribution in [0.25, 0.3) is 0 Å². The highest BCUT2D eigenvalue weighted by atomic mass is 35.5. The van der Waals surface area contributed by atoms with Crippen molar-refractivity contribution in [2.24, 2.45) is 0 Å². The lowest BCUT2D eigenvalue weighted by Crippen LogP contribution is -2.44. The summed E-state index contributed by atoms with van der Waals surface area (Å²) in [6.45, 7) is 2.59. The molecule has 0 fully saturated rings. The molecule has 0 radical (unpaired) electrons. The number of hydrogen-bond donors (Lipinski definition) is 0. The molecular formula is C24H21ClN2O2S. The molecule has 0 N–H and O–H groups in total. The SMILES string of the molecule is CCc1ccc(CN2c3ccccc3S(=O)(=O)C(C#N)C2c2ccc(Cl)cc2)cc1. The molecule has 6 heteroatoms. The van der Waals surface area contributed by atoms with Crippen LogP contribution in [0.4, 0.5) is 5.69 Å². The molecule has 0 saturated carbocycles. The normalized spacial score (nSPS) is 19.7. The van der Waals surface area contributed by atoms with Gasteiger partial charge in [-0.3, -0.25) is 0 Å². The van der Waals surface area contributed by atoms with E-state index in [9.17, 15) is 13.7 Å². The van der Waals surface area contributed by atoms with Gasteiger partial charge in [-0.1, -0.05) is 67.1 Å². The number of sulfone groups is 1. The molecule has 0 saturated heterocycles.